The Labute approximate surface area is 132 Å². The van der Waals surface area contributed by atoms with E-state index in [0.29, 0.717) is 32.5 Å². The van der Waals surface area contributed by atoms with Crippen LogP contribution < -0.4 is 5.32 Å². The monoisotopic (exact) mass is 354 g/mol. The lowest BCUT2D eigenvalue weighted by molar-refractivity contribution is -0.143. The SMILES string of the molecule is O=C(O)C1CCN(C(=O)NCCc2cccc(Br)c2)CC1. The first-order valence-electron chi connectivity index (χ1n) is 7.06. The Morgan fingerprint density at radius 3 is 2.67 bits per heavy atom. The molecule has 0 spiro atoms. The second kappa shape index (κ2) is 7.45. The topological polar surface area (TPSA) is 69.6 Å². The minimum atomic E-state index is -0.760. The number of piperidine rings is 1. The first-order chi connectivity index (χ1) is 10.1. The first-order valence-corrected chi connectivity index (χ1v) is 7.85. The predicted octanol–water partition coefficient (Wildman–Crippen LogP) is 2.50. The van der Waals surface area contributed by atoms with E-state index >= 15 is 0 Å². The van der Waals surface area contributed by atoms with Gasteiger partial charge in [0.1, 0.15) is 0 Å². The lowest BCUT2D eigenvalue weighted by Crippen LogP contribution is -2.45. The molecule has 0 aliphatic carbocycles. The number of carbonyl (C=O) groups is 2. The Morgan fingerprint density at radius 1 is 1.33 bits per heavy atom. The minimum absolute atomic E-state index is 0.103. The third-order valence-corrected chi connectivity index (χ3v) is 4.20. The van der Waals surface area contributed by atoms with E-state index in [-0.39, 0.29) is 11.9 Å². The highest BCUT2D eigenvalue weighted by atomic mass is 79.9. The first kappa shape index (κ1) is 15.8. The number of likely N-dealkylation sites (tertiary alicyclic amines) is 1. The number of hydrogen-bond acceptors (Lipinski definition) is 2. The van der Waals surface area contributed by atoms with E-state index < -0.39 is 5.97 Å². The van der Waals surface area contributed by atoms with Gasteiger partial charge in [-0.15, -0.1) is 0 Å². The highest BCUT2D eigenvalue weighted by molar-refractivity contribution is 9.10. The van der Waals surface area contributed by atoms with E-state index in [0.717, 1.165) is 16.5 Å². The van der Waals surface area contributed by atoms with Gasteiger partial charge in [0.2, 0.25) is 0 Å². The van der Waals surface area contributed by atoms with Crippen LogP contribution in [0.15, 0.2) is 28.7 Å². The number of aliphatic carboxylic acids is 1. The van der Waals surface area contributed by atoms with Crippen LogP contribution in [0.25, 0.3) is 0 Å². The van der Waals surface area contributed by atoms with E-state index in [2.05, 4.69) is 21.2 Å². The van der Waals surface area contributed by atoms with Gasteiger partial charge in [-0.2, -0.15) is 0 Å². The van der Waals surface area contributed by atoms with Crippen molar-refractivity contribution in [2.24, 2.45) is 5.92 Å². The molecule has 1 fully saturated rings. The highest BCUT2D eigenvalue weighted by Crippen LogP contribution is 2.17. The summed E-state index contributed by atoms with van der Waals surface area (Å²) in [6.07, 6.45) is 1.85. The zero-order valence-corrected chi connectivity index (χ0v) is 13.3. The zero-order chi connectivity index (χ0) is 15.2. The highest BCUT2D eigenvalue weighted by Gasteiger charge is 2.26. The second-order valence-corrected chi connectivity index (χ2v) is 6.13. The molecule has 0 atom stereocenters. The van der Waals surface area contributed by atoms with Crippen molar-refractivity contribution in [2.45, 2.75) is 19.3 Å². The Balaban J connectivity index is 1.72. The second-order valence-electron chi connectivity index (χ2n) is 5.21. The number of rotatable bonds is 4. The standard InChI is InChI=1S/C15H19BrN2O3/c16-13-3-1-2-11(10-13)4-7-17-15(21)18-8-5-12(6-9-18)14(19)20/h1-3,10,12H,4-9H2,(H,17,21)(H,19,20). The predicted molar refractivity (Wildman–Crippen MR) is 83.2 cm³/mol. The fourth-order valence-corrected chi connectivity index (χ4v) is 2.89. The molecule has 0 unspecified atom stereocenters. The number of amides is 2. The molecule has 6 heteroatoms. The summed E-state index contributed by atoms with van der Waals surface area (Å²) in [5.41, 5.74) is 1.16. The van der Waals surface area contributed by atoms with Crippen LogP contribution in [0.1, 0.15) is 18.4 Å². The van der Waals surface area contributed by atoms with Crippen molar-refractivity contribution in [1.82, 2.24) is 10.2 Å². The number of halogens is 1. The summed E-state index contributed by atoms with van der Waals surface area (Å²) in [6, 6.07) is 7.89. The van der Waals surface area contributed by atoms with Crippen molar-refractivity contribution in [2.75, 3.05) is 19.6 Å². The lowest BCUT2D eigenvalue weighted by Gasteiger charge is -2.30. The normalized spacial score (nSPS) is 15.8. The van der Waals surface area contributed by atoms with Crippen molar-refractivity contribution in [3.63, 3.8) is 0 Å². The Morgan fingerprint density at radius 2 is 2.05 bits per heavy atom. The fourth-order valence-electron chi connectivity index (χ4n) is 2.45. The Bertz CT molecular complexity index is 513. The van der Waals surface area contributed by atoms with Gasteiger partial charge in [-0.1, -0.05) is 28.1 Å². The maximum absolute atomic E-state index is 12.0. The summed E-state index contributed by atoms with van der Waals surface area (Å²) in [5.74, 6) is -1.07. The Hall–Kier alpha value is -1.56. The summed E-state index contributed by atoms with van der Waals surface area (Å²) >= 11 is 3.42. The largest absolute Gasteiger partial charge is 0.481 e. The summed E-state index contributed by atoms with van der Waals surface area (Å²) in [5, 5.41) is 11.8. The molecule has 1 aliphatic heterocycles. The third-order valence-electron chi connectivity index (χ3n) is 3.71. The molecule has 0 aromatic heterocycles. The average Bonchev–Trinajstić information content (AvgIpc) is 2.47. The van der Waals surface area contributed by atoms with Gasteiger partial charge >= 0.3 is 12.0 Å². The molecule has 0 saturated carbocycles. The maximum atomic E-state index is 12.0. The van der Waals surface area contributed by atoms with Crippen LogP contribution in [0, 0.1) is 5.92 Å². The number of carboxylic acid groups (broad SMARTS) is 1. The van der Waals surface area contributed by atoms with Gasteiger partial charge in [-0.3, -0.25) is 4.79 Å². The van der Waals surface area contributed by atoms with E-state index in [1.807, 2.05) is 24.3 Å². The van der Waals surface area contributed by atoms with Crippen molar-refractivity contribution < 1.29 is 14.7 Å². The summed E-state index contributed by atoms with van der Waals surface area (Å²) in [6.45, 7) is 1.60. The van der Waals surface area contributed by atoms with Gasteiger partial charge in [-0.05, 0) is 37.0 Å². The maximum Gasteiger partial charge on any atom is 0.317 e. The molecule has 1 heterocycles. The molecule has 1 aromatic rings. The number of benzene rings is 1. The number of hydrogen-bond donors (Lipinski definition) is 2. The number of carboxylic acids is 1. The third kappa shape index (κ3) is 4.74. The Kier molecular flexibility index (Phi) is 5.61. The molecule has 2 N–H and O–H groups in total. The van der Waals surface area contributed by atoms with Gasteiger partial charge in [0, 0.05) is 24.1 Å². The molecule has 1 aromatic carbocycles. The average molecular weight is 355 g/mol. The molecule has 21 heavy (non-hydrogen) atoms. The molecular weight excluding hydrogens is 336 g/mol. The van der Waals surface area contributed by atoms with Gasteiger partial charge in [0.25, 0.3) is 0 Å². The van der Waals surface area contributed by atoms with Crippen LogP contribution in [-0.2, 0) is 11.2 Å². The van der Waals surface area contributed by atoms with Gasteiger partial charge in [0.05, 0.1) is 5.92 Å². The lowest BCUT2D eigenvalue weighted by atomic mass is 9.97. The molecule has 2 amide bonds. The number of urea groups is 1. The van der Waals surface area contributed by atoms with Crippen LogP contribution in [0.5, 0.6) is 0 Å². The van der Waals surface area contributed by atoms with E-state index in [9.17, 15) is 9.59 Å². The molecule has 0 radical (unpaired) electrons. The van der Waals surface area contributed by atoms with E-state index in [4.69, 9.17) is 5.11 Å². The van der Waals surface area contributed by atoms with Crippen LogP contribution >= 0.6 is 15.9 Å². The molecule has 1 saturated heterocycles. The summed E-state index contributed by atoms with van der Waals surface area (Å²) in [7, 11) is 0. The van der Waals surface area contributed by atoms with Crippen LogP contribution in [0.2, 0.25) is 0 Å². The van der Waals surface area contributed by atoms with Gasteiger partial charge < -0.3 is 15.3 Å². The number of nitrogens with zero attached hydrogens (tertiary/aromatic N) is 1. The van der Waals surface area contributed by atoms with Gasteiger partial charge in [0.15, 0.2) is 0 Å². The van der Waals surface area contributed by atoms with E-state index in [1.165, 1.54) is 0 Å². The van der Waals surface area contributed by atoms with Crippen molar-refractivity contribution in [3.8, 4) is 0 Å². The molecule has 114 valence electrons. The molecular formula is C15H19BrN2O3. The minimum Gasteiger partial charge on any atom is -0.481 e. The molecule has 5 nitrogen and oxygen atoms in total. The molecule has 0 bridgehead atoms. The van der Waals surface area contributed by atoms with Crippen molar-refractivity contribution >= 4 is 27.9 Å². The summed E-state index contributed by atoms with van der Waals surface area (Å²) in [4.78, 5) is 24.5. The molecule has 2 rings (SSSR count). The quantitative estimate of drug-likeness (QED) is 0.872. The fraction of sp³-hybridized carbons (Fsp3) is 0.467. The van der Waals surface area contributed by atoms with Crippen molar-refractivity contribution in [3.05, 3.63) is 34.3 Å². The van der Waals surface area contributed by atoms with Gasteiger partial charge in [-0.25, -0.2) is 4.79 Å². The zero-order valence-electron chi connectivity index (χ0n) is 11.7. The smallest absolute Gasteiger partial charge is 0.317 e. The number of carbonyl (C=O) groups excluding carboxylic acids is 1. The number of nitrogens with one attached hydrogen (secondary N) is 1. The summed E-state index contributed by atoms with van der Waals surface area (Å²) < 4.78 is 1.03. The van der Waals surface area contributed by atoms with Crippen molar-refractivity contribution in [1.29, 1.82) is 0 Å². The van der Waals surface area contributed by atoms with Crippen LogP contribution in [-0.4, -0.2) is 41.6 Å². The van der Waals surface area contributed by atoms with E-state index in [1.54, 1.807) is 4.90 Å². The van der Waals surface area contributed by atoms with Crippen LogP contribution in [0.3, 0.4) is 0 Å². The molecule has 1 aliphatic rings. The van der Waals surface area contributed by atoms with Crippen LogP contribution in [0.4, 0.5) is 4.79 Å².